The molecule has 0 amide bonds. The van der Waals surface area contributed by atoms with Crippen LogP contribution in [0.4, 0.5) is 9.52 Å². The SMILES string of the molecule is C=CCNc1nnc(Sc2ncnc3scc(-c4ccc(F)cc4)c23)s1. The molecule has 0 saturated carbocycles. The third-order valence-electron chi connectivity index (χ3n) is 3.48. The number of rotatable bonds is 6. The Hall–Kier alpha value is -2.36. The van der Waals surface area contributed by atoms with Crippen molar-refractivity contribution in [3.05, 3.63) is 54.4 Å². The number of hydrogen-bond acceptors (Lipinski definition) is 8. The summed E-state index contributed by atoms with van der Waals surface area (Å²) in [5, 5.41) is 16.0. The van der Waals surface area contributed by atoms with Crippen LogP contribution >= 0.6 is 34.4 Å². The lowest BCUT2D eigenvalue weighted by molar-refractivity contribution is 0.628. The molecular formula is C17H12FN5S3. The molecule has 0 radical (unpaired) electrons. The number of fused-ring (bicyclic) bond motifs is 1. The highest BCUT2D eigenvalue weighted by Gasteiger charge is 2.16. The summed E-state index contributed by atoms with van der Waals surface area (Å²) in [6.45, 7) is 4.31. The van der Waals surface area contributed by atoms with Crippen LogP contribution in [0.1, 0.15) is 0 Å². The first-order valence-electron chi connectivity index (χ1n) is 7.59. The van der Waals surface area contributed by atoms with E-state index < -0.39 is 0 Å². The molecule has 0 aliphatic rings. The van der Waals surface area contributed by atoms with E-state index in [0.29, 0.717) is 6.54 Å². The van der Waals surface area contributed by atoms with Gasteiger partial charge >= 0.3 is 0 Å². The maximum absolute atomic E-state index is 13.2. The van der Waals surface area contributed by atoms with Gasteiger partial charge < -0.3 is 5.32 Å². The van der Waals surface area contributed by atoms with Gasteiger partial charge in [0.05, 0.1) is 5.39 Å². The zero-order valence-electron chi connectivity index (χ0n) is 13.3. The Morgan fingerprint density at radius 3 is 2.85 bits per heavy atom. The van der Waals surface area contributed by atoms with Crippen LogP contribution in [0.15, 0.2) is 58.0 Å². The van der Waals surface area contributed by atoms with E-state index in [1.165, 1.54) is 46.6 Å². The van der Waals surface area contributed by atoms with Crippen molar-refractivity contribution in [1.82, 2.24) is 20.2 Å². The minimum absolute atomic E-state index is 0.257. The van der Waals surface area contributed by atoms with Crippen molar-refractivity contribution in [3.8, 4) is 11.1 Å². The number of thiophene rings is 1. The molecule has 130 valence electrons. The molecule has 4 aromatic rings. The van der Waals surface area contributed by atoms with E-state index in [1.54, 1.807) is 24.5 Å². The zero-order valence-corrected chi connectivity index (χ0v) is 15.8. The van der Waals surface area contributed by atoms with Gasteiger partial charge in [-0.15, -0.1) is 28.1 Å². The number of nitrogens with one attached hydrogen (secondary N) is 1. The fourth-order valence-corrected chi connectivity index (χ4v) is 5.09. The van der Waals surface area contributed by atoms with Crippen LogP contribution in [-0.2, 0) is 0 Å². The van der Waals surface area contributed by atoms with Gasteiger partial charge in [-0.25, -0.2) is 14.4 Å². The highest BCUT2D eigenvalue weighted by molar-refractivity contribution is 8.01. The molecule has 0 bridgehead atoms. The number of nitrogens with zero attached hydrogens (tertiary/aromatic N) is 4. The maximum Gasteiger partial charge on any atom is 0.206 e. The lowest BCUT2D eigenvalue weighted by atomic mass is 10.1. The Labute approximate surface area is 161 Å². The Morgan fingerprint density at radius 2 is 2.04 bits per heavy atom. The van der Waals surface area contributed by atoms with Crippen LogP contribution in [0.3, 0.4) is 0 Å². The van der Waals surface area contributed by atoms with Gasteiger partial charge in [-0.1, -0.05) is 29.5 Å². The van der Waals surface area contributed by atoms with Gasteiger partial charge in [0.25, 0.3) is 0 Å². The van der Waals surface area contributed by atoms with E-state index in [4.69, 9.17) is 0 Å². The summed E-state index contributed by atoms with van der Waals surface area (Å²) < 4.78 is 14.0. The van der Waals surface area contributed by atoms with E-state index in [-0.39, 0.29) is 5.82 Å². The highest BCUT2D eigenvalue weighted by atomic mass is 32.2. The van der Waals surface area contributed by atoms with Crippen LogP contribution < -0.4 is 5.32 Å². The molecule has 0 saturated heterocycles. The summed E-state index contributed by atoms with van der Waals surface area (Å²) in [6.07, 6.45) is 3.32. The fourth-order valence-electron chi connectivity index (χ4n) is 2.33. The predicted octanol–water partition coefficient (Wildman–Crippen LogP) is 5.10. The van der Waals surface area contributed by atoms with Crippen LogP contribution in [-0.4, -0.2) is 26.7 Å². The highest BCUT2D eigenvalue weighted by Crippen LogP contribution is 2.41. The van der Waals surface area contributed by atoms with Crippen molar-refractivity contribution < 1.29 is 4.39 Å². The second-order valence-corrected chi connectivity index (χ2v) is 8.23. The van der Waals surface area contributed by atoms with Gasteiger partial charge in [-0.2, -0.15) is 0 Å². The van der Waals surface area contributed by atoms with Crippen LogP contribution in [0, 0.1) is 5.82 Å². The second-order valence-electron chi connectivity index (χ2n) is 5.16. The Morgan fingerprint density at radius 1 is 1.19 bits per heavy atom. The molecule has 0 spiro atoms. The maximum atomic E-state index is 13.2. The Balaban J connectivity index is 1.71. The smallest absolute Gasteiger partial charge is 0.206 e. The average Bonchev–Trinajstić information content (AvgIpc) is 3.28. The molecule has 9 heteroatoms. The zero-order chi connectivity index (χ0) is 17.9. The molecule has 5 nitrogen and oxygen atoms in total. The summed E-state index contributed by atoms with van der Waals surface area (Å²) in [5.41, 5.74) is 1.92. The molecular weight excluding hydrogens is 389 g/mol. The summed E-state index contributed by atoms with van der Waals surface area (Å²) in [4.78, 5) is 9.68. The van der Waals surface area contributed by atoms with Gasteiger partial charge in [0.1, 0.15) is 22.0 Å². The first kappa shape index (κ1) is 17.1. The lowest BCUT2D eigenvalue weighted by Gasteiger charge is -2.03. The third kappa shape index (κ3) is 3.46. The molecule has 0 aliphatic heterocycles. The van der Waals surface area contributed by atoms with Crippen LogP contribution in [0.2, 0.25) is 0 Å². The Bertz CT molecular complexity index is 1060. The molecule has 0 fully saturated rings. The molecule has 3 heterocycles. The van der Waals surface area contributed by atoms with Gasteiger partial charge in [0.2, 0.25) is 5.13 Å². The van der Waals surface area contributed by atoms with Gasteiger partial charge in [-0.05, 0) is 29.5 Å². The summed E-state index contributed by atoms with van der Waals surface area (Å²) in [7, 11) is 0. The molecule has 4 rings (SSSR count). The number of anilines is 1. The molecule has 26 heavy (non-hydrogen) atoms. The lowest BCUT2D eigenvalue weighted by Crippen LogP contribution is -1.96. The van der Waals surface area contributed by atoms with E-state index in [1.807, 2.05) is 5.38 Å². The summed E-state index contributed by atoms with van der Waals surface area (Å²) in [5.74, 6) is -0.257. The van der Waals surface area contributed by atoms with Crippen LogP contribution in [0.25, 0.3) is 21.3 Å². The van der Waals surface area contributed by atoms with Crippen molar-refractivity contribution >= 4 is 49.8 Å². The molecule has 1 N–H and O–H groups in total. The fraction of sp³-hybridized carbons (Fsp3) is 0.0588. The topological polar surface area (TPSA) is 63.6 Å². The standard InChI is InChI=1S/C17H12FN5S3/c1-2-7-19-16-22-23-17(26-16)25-15-13-12(8-24-14(13)20-9-21-15)10-3-5-11(18)6-4-10/h2-6,8-9H,1,7H2,(H,19,22). The van der Waals surface area contributed by atoms with E-state index in [0.717, 1.165) is 35.8 Å². The minimum Gasteiger partial charge on any atom is -0.357 e. The number of aromatic nitrogens is 4. The first-order chi connectivity index (χ1) is 12.7. The molecule has 1 aromatic carbocycles. The monoisotopic (exact) mass is 401 g/mol. The average molecular weight is 402 g/mol. The number of hydrogen-bond donors (Lipinski definition) is 1. The first-order valence-corrected chi connectivity index (χ1v) is 10.1. The molecule has 0 unspecified atom stereocenters. The summed E-state index contributed by atoms with van der Waals surface area (Å²) in [6, 6.07) is 6.44. The molecule has 0 atom stereocenters. The minimum atomic E-state index is -0.257. The largest absolute Gasteiger partial charge is 0.357 e. The van der Waals surface area contributed by atoms with E-state index in [2.05, 4.69) is 32.1 Å². The van der Waals surface area contributed by atoms with Crippen molar-refractivity contribution in [2.45, 2.75) is 9.37 Å². The van der Waals surface area contributed by atoms with Crippen LogP contribution in [0.5, 0.6) is 0 Å². The van der Waals surface area contributed by atoms with Gasteiger partial charge in [-0.3, -0.25) is 0 Å². The van der Waals surface area contributed by atoms with Crippen molar-refractivity contribution in [2.24, 2.45) is 0 Å². The van der Waals surface area contributed by atoms with E-state index >= 15 is 0 Å². The number of halogens is 1. The third-order valence-corrected chi connectivity index (χ3v) is 6.30. The van der Waals surface area contributed by atoms with Gasteiger partial charge in [0, 0.05) is 17.5 Å². The van der Waals surface area contributed by atoms with Crippen molar-refractivity contribution in [2.75, 3.05) is 11.9 Å². The normalized spacial score (nSPS) is 11.0. The van der Waals surface area contributed by atoms with E-state index in [9.17, 15) is 4.39 Å². The second kappa shape index (κ2) is 7.48. The Kier molecular flexibility index (Phi) is 4.91. The van der Waals surface area contributed by atoms with Crippen molar-refractivity contribution in [3.63, 3.8) is 0 Å². The quantitative estimate of drug-likeness (QED) is 0.358. The molecule has 0 aliphatic carbocycles. The van der Waals surface area contributed by atoms with Gasteiger partial charge in [0.15, 0.2) is 4.34 Å². The summed E-state index contributed by atoms with van der Waals surface area (Å²) >= 11 is 4.45. The number of benzene rings is 1. The van der Waals surface area contributed by atoms with Crippen molar-refractivity contribution in [1.29, 1.82) is 0 Å². The molecule has 3 aromatic heterocycles. The predicted molar refractivity (Wildman–Crippen MR) is 106 cm³/mol.